The Kier molecular flexibility index (Phi) is 6.34. The van der Waals surface area contributed by atoms with Gasteiger partial charge in [0.2, 0.25) is 5.91 Å². The number of pyridine rings is 1. The average Bonchev–Trinajstić information content (AvgIpc) is 2.52. The fourth-order valence-corrected chi connectivity index (χ4v) is 3.26. The normalized spacial score (nSPS) is 22.1. The van der Waals surface area contributed by atoms with Crippen LogP contribution in [0.15, 0.2) is 24.5 Å². The molecule has 0 aliphatic carbocycles. The zero-order valence-electron chi connectivity index (χ0n) is 13.6. The van der Waals surface area contributed by atoms with Gasteiger partial charge in [-0.3, -0.25) is 9.78 Å². The number of aryl methyl sites for hydroxylation is 1. The van der Waals surface area contributed by atoms with Gasteiger partial charge in [-0.25, -0.2) is 0 Å². The number of aromatic nitrogens is 1. The van der Waals surface area contributed by atoms with E-state index in [0.29, 0.717) is 18.9 Å². The highest BCUT2D eigenvalue weighted by Crippen LogP contribution is 2.23. The molecule has 1 N–H and O–H groups in total. The SMILES string of the molecule is CN(C)C[C@H]1C[C@@H](CO)CN(C(=O)CCc2ccncc2)C1. The largest absolute Gasteiger partial charge is 0.396 e. The Morgan fingerprint density at radius 3 is 2.64 bits per heavy atom. The van der Waals surface area contributed by atoms with E-state index in [-0.39, 0.29) is 18.4 Å². The van der Waals surface area contributed by atoms with Crippen molar-refractivity contribution in [2.75, 3.05) is 40.3 Å². The summed E-state index contributed by atoms with van der Waals surface area (Å²) in [7, 11) is 4.11. The van der Waals surface area contributed by atoms with Crippen molar-refractivity contribution in [3.63, 3.8) is 0 Å². The summed E-state index contributed by atoms with van der Waals surface area (Å²) >= 11 is 0. The van der Waals surface area contributed by atoms with Crippen molar-refractivity contribution in [2.24, 2.45) is 11.8 Å². The second kappa shape index (κ2) is 8.25. The molecule has 2 rings (SSSR count). The summed E-state index contributed by atoms with van der Waals surface area (Å²) < 4.78 is 0. The summed E-state index contributed by atoms with van der Waals surface area (Å²) in [5, 5.41) is 9.49. The number of aliphatic hydroxyl groups is 1. The minimum absolute atomic E-state index is 0.165. The van der Waals surface area contributed by atoms with Crippen molar-refractivity contribution in [2.45, 2.75) is 19.3 Å². The van der Waals surface area contributed by atoms with Crippen LogP contribution >= 0.6 is 0 Å². The summed E-state index contributed by atoms with van der Waals surface area (Å²) in [6.45, 7) is 2.63. The van der Waals surface area contributed by atoms with Crippen LogP contribution in [0.2, 0.25) is 0 Å². The molecule has 1 aromatic rings. The van der Waals surface area contributed by atoms with Crippen molar-refractivity contribution in [3.8, 4) is 0 Å². The Hall–Kier alpha value is -1.46. The van der Waals surface area contributed by atoms with Crippen LogP contribution in [0.25, 0.3) is 0 Å². The average molecular weight is 305 g/mol. The smallest absolute Gasteiger partial charge is 0.222 e. The summed E-state index contributed by atoms with van der Waals surface area (Å²) in [5.41, 5.74) is 1.14. The lowest BCUT2D eigenvalue weighted by atomic mass is 9.89. The van der Waals surface area contributed by atoms with Gasteiger partial charge in [0.1, 0.15) is 0 Å². The molecule has 0 saturated carbocycles. The van der Waals surface area contributed by atoms with Gasteiger partial charge in [-0.2, -0.15) is 0 Å². The molecule has 5 heteroatoms. The number of piperidine rings is 1. The summed E-state index contributed by atoms with van der Waals surface area (Å²) in [5.74, 6) is 0.855. The first-order valence-corrected chi connectivity index (χ1v) is 8.00. The molecule has 1 amide bonds. The predicted octanol–water partition coefficient (Wildman–Crippen LogP) is 1.03. The quantitative estimate of drug-likeness (QED) is 0.853. The lowest BCUT2D eigenvalue weighted by Crippen LogP contribution is -2.47. The minimum Gasteiger partial charge on any atom is -0.396 e. The van der Waals surface area contributed by atoms with Crippen molar-refractivity contribution >= 4 is 5.91 Å². The number of carbonyl (C=O) groups is 1. The molecule has 1 saturated heterocycles. The fourth-order valence-electron chi connectivity index (χ4n) is 3.26. The van der Waals surface area contributed by atoms with Crippen LogP contribution in [0.3, 0.4) is 0 Å². The van der Waals surface area contributed by atoms with Crippen molar-refractivity contribution in [1.29, 1.82) is 0 Å². The highest BCUT2D eigenvalue weighted by molar-refractivity contribution is 5.76. The number of amides is 1. The van der Waals surface area contributed by atoms with Crippen molar-refractivity contribution in [1.82, 2.24) is 14.8 Å². The van der Waals surface area contributed by atoms with E-state index in [2.05, 4.69) is 24.0 Å². The van der Waals surface area contributed by atoms with Crippen LogP contribution in [0.1, 0.15) is 18.4 Å². The van der Waals surface area contributed by atoms with Crippen LogP contribution in [-0.2, 0) is 11.2 Å². The number of carbonyl (C=O) groups excluding carboxylic acids is 1. The molecule has 22 heavy (non-hydrogen) atoms. The summed E-state index contributed by atoms with van der Waals surface area (Å²) in [4.78, 5) is 20.6. The number of hydrogen-bond donors (Lipinski definition) is 1. The Morgan fingerprint density at radius 2 is 2.00 bits per heavy atom. The highest BCUT2D eigenvalue weighted by atomic mass is 16.3. The van der Waals surface area contributed by atoms with Gasteiger partial charge in [0.05, 0.1) is 0 Å². The zero-order valence-corrected chi connectivity index (χ0v) is 13.6. The molecule has 122 valence electrons. The van der Waals surface area contributed by atoms with Gasteiger partial charge in [-0.15, -0.1) is 0 Å². The van der Waals surface area contributed by atoms with Crippen LogP contribution in [0.5, 0.6) is 0 Å². The van der Waals surface area contributed by atoms with E-state index >= 15 is 0 Å². The Morgan fingerprint density at radius 1 is 1.32 bits per heavy atom. The maximum atomic E-state index is 12.5. The van der Waals surface area contributed by atoms with E-state index in [0.717, 1.165) is 31.5 Å². The molecule has 0 spiro atoms. The third-order valence-electron chi connectivity index (χ3n) is 4.23. The van der Waals surface area contributed by atoms with Gasteiger partial charge in [0.25, 0.3) is 0 Å². The standard InChI is InChI=1S/C17H27N3O2/c1-19(2)10-15-9-16(13-21)12-20(11-15)17(22)4-3-14-5-7-18-8-6-14/h5-8,15-16,21H,3-4,9-13H2,1-2H3/t15-,16-/m1/s1. The molecule has 0 radical (unpaired) electrons. The van der Waals surface area contributed by atoms with E-state index in [1.165, 1.54) is 0 Å². The Labute approximate surface area is 132 Å². The van der Waals surface area contributed by atoms with Crippen LogP contribution in [0.4, 0.5) is 0 Å². The first-order chi connectivity index (χ1) is 10.6. The van der Waals surface area contributed by atoms with Gasteiger partial charge >= 0.3 is 0 Å². The monoisotopic (exact) mass is 305 g/mol. The summed E-state index contributed by atoms with van der Waals surface area (Å²) in [6.07, 6.45) is 5.80. The Balaban J connectivity index is 1.89. The summed E-state index contributed by atoms with van der Waals surface area (Å²) in [6, 6.07) is 3.91. The molecule has 1 aliphatic heterocycles. The predicted molar refractivity (Wildman–Crippen MR) is 86.4 cm³/mol. The molecular weight excluding hydrogens is 278 g/mol. The van der Waals surface area contributed by atoms with Crippen molar-refractivity contribution in [3.05, 3.63) is 30.1 Å². The second-order valence-electron chi connectivity index (χ2n) is 6.57. The maximum absolute atomic E-state index is 12.5. The van der Waals surface area contributed by atoms with Crippen LogP contribution < -0.4 is 0 Å². The lowest BCUT2D eigenvalue weighted by Gasteiger charge is -2.38. The maximum Gasteiger partial charge on any atom is 0.222 e. The van der Waals surface area contributed by atoms with Crippen molar-refractivity contribution < 1.29 is 9.90 Å². The van der Waals surface area contributed by atoms with Gasteiger partial charge < -0.3 is 14.9 Å². The molecule has 1 aromatic heterocycles. The molecule has 0 bridgehead atoms. The molecule has 2 atom stereocenters. The van der Waals surface area contributed by atoms with Crippen LogP contribution in [-0.4, -0.2) is 66.1 Å². The lowest BCUT2D eigenvalue weighted by molar-refractivity contribution is -0.134. The number of rotatable bonds is 6. The molecule has 2 heterocycles. The van der Waals surface area contributed by atoms with E-state index in [1.807, 2.05) is 17.0 Å². The first kappa shape index (κ1) is 16.9. The van der Waals surface area contributed by atoms with Gasteiger partial charge in [0, 0.05) is 45.1 Å². The zero-order chi connectivity index (χ0) is 15.9. The van der Waals surface area contributed by atoms with Gasteiger partial charge in [-0.1, -0.05) is 0 Å². The molecule has 5 nitrogen and oxygen atoms in total. The number of likely N-dealkylation sites (tertiary alicyclic amines) is 1. The Bertz CT molecular complexity index is 464. The number of aliphatic hydroxyl groups excluding tert-OH is 1. The molecule has 1 aliphatic rings. The van der Waals surface area contributed by atoms with Gasteiger partial charge in [0.15, 0.2) is 0 Å². The molecular formula is C17H27N3O2. The minimum atomic E-state index is 0.165. The van der Waals surface area contributed by atoms with E-state index in [4.69, 9.17) is 0 Å². The molecule has 0 aromatic carbocycles. The van der Waals surface area contributed by atoms with E-state index < -0.39 is 0 Å². The van der Waals surface area contributed by atoms with Crippen LogP contribution in [0, 0.1) is 11.8 Å². The first-order valence-electron chi connectivity index (χ1n) is 8.00. The number of nitrogens with zero attached hydrogens (tertiary/aromatic N) is 3. The fraction of sp³-hybridized carbons (Fsp3) is 0.647. The molecule has 0 unspecified atom stereocenters. The topological polar surface area (TPSA) is 56.7 Å². The third kappa shape index (κ3) is 5.07. The highest BCUT2D eigenvalue weighted by Gasteiger charge is 2.29. The number of hydrogen-bond acceptors (Lipinski definition) is 4. The van der Waals surface area contributed by atoms with Gasteiger partial charge in [-0.05, 0) is 56.5 Å². The van der Waals surface area contributed by atoms with E-state index in [1.54, 1.807) is 12.4 Å². The van der Waals surface area contributed by atoms with E-state index in [9.17, 15) is 9.90 Å². The third-order valence-corrected chi connectivity index (χ3v) is 4.23. The molecule has 1 fully saturated rings. The second-order valence-corrected chi connectivity index (χ2v) is 6.57.